The Labute approximate surface area is 131 Å². The quantitative estimate of drug-likeness (QED) is 0.566. The minimum absolute atomic E-state index is 0.207. The van der Waals surface area contributed by atoms with Gasteiger partial charge in [-0.25, -0.2) is 4.79 Å². The third-order valence-corrected chi connectivity index (χ3v) is 3.71. The molecule has 9 nitrogen and oxygen atoms in total. The van der Waals surface area contributed by atoms with Crippen molar-refractivity contribution in [3.63, 3.8) is 0 Å². The van der Waals surface area contributed by atoms with Crippen LogP contribution >= 0.6 is 0 Å². The third-order valence-electron chi connectivity index (χ3n) is 3.71. The zero-order valence-electron chi connectivity index (χ0n) is 12.6. The fourth-order valence-corrected chi connectivity index (χ4v) is 2.63. The number of aliphatic hydroxyl groups is 1. The fourth-order valence-electron chi connectivity index (χ4n) is 2.63. The van der Waals surface area contributed by atoms with Crippen molar-refractivity contribution in [2.75, 3.05) is 19.7 Å². The Bertz CT molecular complexity index is 750. The lowest BCUT2D eigenvalue weighted by molar-refractivity contribution is -0.644. The van der Waals surface area contributed by atoms with Gasteiger partial charge < -0.3 is 19.8 Å². The smallest absolute Gasteiger partial charge is 0.395 e. The van der Waals surface area contributed by atoms with Gasteiger partial charge in [-0.1, -0.05) is 22.9 Å². The van der Waals surface area contributed by atoms with Gasteiger partial charge in [-0.15, -0.1) is 0 Å². The molecule has 0 bridgehead atoms. The molecule has 1 aromatic carbocycles. The Hall–Kier alpha value is -2.23. The molecule has 0 radical (unpaired) electrons. The number of morpholine rings is 1. The average Bonchev–Trinajstić information content (AvgIpc) is 2.53. The first kappa shape index (κ1) is 15.7. The summed E-state index contributed by atoms with van der Waals surface area (Å²) in [5, 5.41) is 23.4. The summed E-state index contributed by atoms with van der Waals surface area (Å²) in [6.45, 7) is 3.31. The first-order valence-electron chi connectivity index (χ1n) is 7.41. The minimum Gasteiger partial charge on any atom is -0.595 e. The zero-order valence-corrected chi connectivity index (χ0v) is 12.6. The topological polar surface area (TPSA) is 115 Å². The number of aromatic amines is 1. The molecule has 1 saturated heterocycles. The van der Waals surface area contributed by atoms with Gasteiger partial charge in [0.1, 0.15) is 0 Å². The molecule has 2 unspecified atom stereocenters. The van der Waals surface area contributed by atoms with Gasteiger partial charge in [-0.05, 0) is 12.5 Å². The van der Waals surface area contributed by atoms with E-state index < -0.39 is 12.0 Å². The lowest BCUT2D eigenvalue weighted by atomic mass is 10.2. The van der Waals surface area contributed by atoms with Gasteiger partial charge >= 0.3 is 5.69 Å². The van der Waals surface area contributed by atoms with Crippen LogP contribution in [-0.4, -0.2) is 52.3 Å². The maximum Gasteiger partial charge on any atom is 0.395 e. The standard InChI is InChI=1S/C14H18N4O5/c1-2-11(17-6-7-22-12(19)8-17)23-10-5-3-4-9-13(10)15-14(20)16-18(9)21/h3-5,11-12,19H,2,6-8H2,1H3,(H,15,16,20). The number of rotatable bonds is 4. The number of aromatic nitrogens is 3. The highest BCUT2D eigenvalue weighted by Crippen LogP contribution is 2.23. The molecule has 23 heavy (non-hydrogen) atoms. The van der Waals surface area contributed by atoms with Crippen LogP contribution in [0.3, 0.4) is 0 Å². The van der Waals surface area contributed by atoms with Gasteiger partial charge in [0.05, 0.1) is 13.2 Å². The molecule has 1 aliphatic rings. The summed E-state index contributed by atoms with van der Waals surface area (Å²) in [6.07, 6.45) is -0.511. The molecule has 0 spiro atoms. The number of benzene rings is 1. The van der Waals surface area contributed by atoms with Crippen molar-refractivity contribution in [2.24, 2.45) is 0 Å². The van der Waals surface area contributed by atoms with E-state index in [0.29, 0.717) is 36.7 Å². The molecular formula is C14H18N4O5. The van der Waals surface area contributed by atoms with E-state index in [2.05, 4.69) is 10.1 Å². The van der Waals surface area contributed by atoms with Crippen molar-refractivity contribution in [3.8, 4) is 5.75 Å². The van der Waals surface area contributed by atoms with Crippen LogP contribution < -0.4 is 15.3 Å². The summed E-state index contributed by atoms with van der Waals surface area (Å²) in [5.41, 5.74) is -0.309. The van der Waals surface area contributed by atoms with E-state index in [9.17, 15) is 15.1 Å². The van der Waals surface area contributed by atoms with Gasteiger partial charge in [0, 0.05) is 12.6 Å². The second-order valence-corrected chi connectivity index (χ2v) is 5.25. The number of β-amino-alcohol motifs (C(OH)–C–C–N with tert-alkyl or cyclic N) is 1. The van der Waals surface area contributed by atoms with Gasteiger partial charge in [0.15, 0.2) is 23.8 Å². The summed E-state index contributed by atoms with van der Waals surface area (Å²) < 4.78 is 11.1. The predicted octanol–water partition coefficient (Wildman–Crippen LogP) is -0.678. The Morgan fingerprint density at radius 3 is 3.22 bits per heavy atom. The van der Waals surface area contributed by atoms with Crippen LogP contribution in [0.1, 0.15) is 13.3 Å². The van der Waals surface area contributed by atoms with Crippen LogP contribution in [0.25, 0.3) is 11.0 Å². The average molecular weight is 322 g/mol. The monoisotopic (exact) mass is 322 g/mol. The number of fused-ring (bicyclic) bond motifs is 1. The maximum absolute atomic E-state index is 11.8. The number of ether oxygens (including phenoxy) is 2. The third kappa shape index (κ3) is 3.26. The highest BCUT2D eigenvalue weighted by Gasteiger charge is 2.26. The Kier molecular flexibility index (Phi) is 4.42. The van der Waals surface area contributed by atoms with Gasteiger partial charge in [0.25, 0.3) is 5.52 Å². The molecule has 124 valence electrons. The van der Waals surface area contributed by atoms with E-state index in [0.717, 1.165) is 0 Å². The highest BCUT2D eigenvalue weighted by molar-refractivity contribution is 5.77. The number of aliphatic hydroxyl groups excluding tert-OH is 1. The van der Waals surface area contributed by atoms with Crippen molar-refractivity contribution in [2.45, 2.75) is 25.9 Å². The second kappa shape index (κ2) is 6.49. The van der Waals surface area contributed by atoms with Crippen molar-refractivity contribution >= 4 is 11.0 Å². The number of hydrogen-bond acceptors (Lipinski definition) is 7. The van der Waals surface area contributed by atoms with Crippen molar-refractivity contribution in [1.82, 2.24) is 15.0 Å². The van der Waals surface area contributed by atoms with Crippen molar-refractivity contribution < 1.29 is 19.4 Å². The molecular weight excluding hydrogens is 304 g/mol. The van der Waals surface area contributed by atoms with E-state index in [-0.39, 0.29) is 17.3 Å². The van der Waals surface area contributed by atoms with Gasteiger partial charge in [0.2, 0.25) is 0 Å². The molecule has 9 heteroatoms. The maximum atomic E-state index is 11.8. The predicted molar refractivity (Wildman–Crippen MR) is 79.6 cm³/mol. The summed E-state index contributed by atoms with van der Waals surface area (Å²) in [4.78, 5) is 17.6. The van der Waals surface area contributed by atoms with E-state index in [1.54, 1.807) is 18.2 Å². The molecule has 0 amide bonds. The summed E-state index contributed by atoms with van der Waals surface area (Å²) in [5.74, 6) is 0.353. The summed E-state index contributed by atoms with van der Waals surface area (Å²) in [6, 6.07) is 4.87. The number of nitrogens with one attached hydrogen (secondary N) is 1. The molecule has 2 N–H and O–H groups in total. The number of para-hydroxylation sites is 1. The molecule has 0 aliphatic carbocycles. The number of hydrogen-bond donors (Lipinski definition) is 2. The molecule has 2 aromatic rings. The molecule has 2 heterocycles. The number of nitrogens with zero attached hydrogens (tertiary/aromatic N) is 3. The second-order valence-electron chi connectivity index (χ2n) is 5.25. The molecule has 1 fully saturated rings. The van der Waals surface area contributed by atoms with Crippen LogP contribution in [0.5, 0.6) is 5.75 Å². The molecule has 2 atom stereocenters. The largest absolute Gasteiger partial charge is 0.595 e. The van der Waals surface area contributed by atoms with Crippen LogP contribution in [0.4, 0.5) is 0 Å². The fraction of sp³-hybridized carbons (Fsp3) is 0.500. The SMILES string of the molecule is CCC(Oc1cccc2c1nc(=O)[nH][n+]2[O-])N1CCOC(O)C1. The van der Waals surface area contributed by atoms with E-state index in [1.165, 1.54) is 0 Å². The molecule has 3 rings (SSSR count). The van der Waals surface area contributed by atoms with E-state index >= 15 is 0 Å². The number of H-pyrrole nitrogens is 1. The van der Waals surface area contributed by atoms with Crippen molar-refractivity contribution in [3.05, 3.63) is 33.9 Å². The Balaban J connectivity index is 1.92. The molecule has 1 aliphatic heterocycles. The van der Waals surface area contributed by atoms with Crippen LogP contribution in [0, 0.1) is 5.21 Å². The zero-order chi connectivity index (χ0) is 16.4. The first-order valence-corrected chi connectivity index (χ1v) is 7.41. The van der Waals surface area contributed by atoms with E-state index in [1.807, 2.05) is 11.8 Å². The summed E-state index contributed by atoms with van der Waals surface area (Å²) >= 11 is 0. The normalized spacial score (nSPS) is 20.5. The van der Waals surface area contributed by atoms with Crippen molar-refractivity contribution in [1.29, 1.82) is 0 Å². The van der Waals surface area contributed by atoms with E-state index in [4.69, 9.17) is 9.47 Å². The molecule has 0 saturated carbocycles. The Morgan fingerprint density at radius 1 is 1.65 bits per heavy atom. The molecule has 1 aromatic heterocycles. The van der Waals surface area contributed by atoms with Crippen LogP contribution in [-0.2, 0) is 4.74 Å². The first-order chi connectivity index (χ1) is 11.1. The van der Waals surface area contributed by atoms with Crippen LogP contribution in [0.15, 0.2) is 23.0 Å². The summed E-state index contributed by atoms with van der Waals surface area (Å²) in [7, 11) is 0. The van der Waals surface area contributed by atoms with Gasteiger partial charge in [-0.3, -0.25) is 4.90 Å². The van der Waals surface area contributed by atoms with Gasteiger partial charge in [-0.2, -0.15) is 4.98 Å². The van der Waals surface area contributed by atoms with Crippen LogP contribution in [0.2, 0.25) is 0 Å². The Morgan fingerprint density at radius 2 is 2.48 bits per heavy atom. The minimum atomic E-state index is -0.848. The lowest BCUT2D eigenvalue weighted by Gasteiger charge is -2.35. The highest BCUT2D eigenvalue weighted by atomic mass is 16.6. The lowest BCUT2D eigenvalue weighted by Crippen LogP contribution is -2.49.